The number of carboxylic acids is 1. The van der Waals surface area contributed by atoms with Crippen LogP contribution in [0.5, 0.6) is 0 Å². The van der Waals surface area contributed by atoms with Gasteiger partial charge in [-0.3, -0.25) is 4.79 Å². The van der Waals surface area contributed by atoms with Crippen LogP contribution in [-0.4, -0.2) is 29.1 Å². The molecule has 0 amide bonds. The second kappa shape index (κ2) is 7.18. The minimum atomic E-state index is -2.55. The summed E-state index contributed by atoms with van der Waals surface area (Å²) in [6.07, 6.45) is 1.08. The minimum Gasteiger partial charge on any atom is -0.480 e. The van der Waals surface area contributed by atoms with Crippen LogP contribution in [-0.2, 0) is 11.2 Å². The first-order chi connectivity index (χ1) is 10.4. The fourth-order valence-electron chi connectivity index (χ4n) is 3.08. The SMILES string of the molecule is CC(N[C@H](Cc1ccccc1)C(=O)O)C1CCC(F)(F)CC1. The summed E-state index contributed by atoms with van der Waals surface area (Å²) in [6.45, 7) is 1.90. The maximum Gasteiger partial charge on any atom is 0.321 e. The van der Waals surface area contributed by atoms with Crippen molar-refractivity contribution in [3.63, 3.8) is 0 Å². The Balaban J connectivity index is 1.92. The van der Waals surface area contributed by atoms with Gasteiger partial charge in [-0.15, -0.1) is 0 Å². The monoisotopic (exact) mass is 311 g/mol. The Morgan fingerprint density at radius 3 is 2.45 bits per heavy atom. The van der Waals surface area contributed by atoms with Crippen molar-refractivity contribution in [2.24, 2.45) is 5.92 Å². The maximum absolute atomic E-state index is 13.2. The fraction of sp³-hybridized carbons (Fsp3) is 0.588. The number of aliphatic carboxylic acids is 1. The third-order valence-electron chi connectivity index (χ3n) is 4.51. The standard InChI is InChI=1S/C17H23F2NO2/c1-12(14-7-9-17(18,19)10-8-14)20-15(16(21)22)11-13-5-3-2-4-6-13/h2-6,12,14-15,20H,7-11H2,1H3,(H,21,22)/t12?,15-/m1/s1. The summed E-state index contributed by atoms with van der Waals surface area (Å²) in [5.74, 6) is -3.35. The lowest BCUT2D eigenvalue weighted by Gasteiger charge is -2.33. The number of rotatable bonds is 6. The van der Waals surface area contributed by atoms with Crippen LogP contribution in [0, 0.1) is 5.92 Å². The van der Waals surface area contributed by atoms with Crippen molar-refractivity contribution in [2.75, 3.05) is 0 Å². The Kier molecular flexibility index (Phi) is 5.51. The van der Waals surface area contributed by atoms with Gasteiger partial charge in [0, 0.05) is 18.9 Å². The largest absolute Gasteiger partial charge is 0.480 e. The molecule has 1 aromatic rings. The number of nitrogens with one attached hydrogen (secondary N) is 1. The number of benzene rings is 1. The Bertz CT molecular complexity index is 483. The average Bonchev–Trinajstić information content (AvgIpc) is 2.47. The predicted molar refractivity (Wildman–Crippen MR) is 81.1 cm³/mol. The molecule has 122 valence electrons. The van der Waals surface area contributed by atoms with Gasteiger partial charge in [-0.25, -0.2) is 8.78 Å². The molecular weight excluding hydrogens is 288 g/mol. The first-order valence-corrected chi connectivity index (χ1v) is 7.78. The van der Waals surface area contributed by atoms with Gasteiger partial charge < -0.3 is 10.4 Å². The summed E-state index contributed by atoms with van der Waals surface area (Å²) in [5, 5.41) is 12.5. The zero-order valence-corrected chi connectivity index (χ0v) is 12.8. The smallest absolute Gasteiger partial charge is 0.321 e. The van der Waals surface area contributed by atoms with Crippen LogP contribution >= 0.6 is 0 Å². The highest BCUT2D eigenvalue weighted by molar-refractivity contribution is 5.74. The molecular formula is C17H23F2NO2. The molecule has 0 spiro atoms. The van der Waals surface area contributed by atoms with Crippen LogP contribution in [0.4, 0.5) is 8.78 Å². The van der Waals surface area contributed by atoms with E-state index in [1.54, 1.807) is 0 Å². The average molecular weight is 311 g/mol. The molecule has 1 aliphatic carbocycles. The molecule has 0 aliphatic heterocycles. The van der Waals surface area contributed by atoms with E-state index in [-0.39, 0.29) is 24.8 Å². The maximum atomic E-state index is 13.2. The van der Waals surface area contributed by atoms with E-state index in [4.69, 9.17) is 0 Å². The summed E-state index contributed by atoms with van der Waals surface area (Å²) in [6, 6.07) is 8.65. The van der Waals surface area contributed by atoms with Crippen molar-refractivity contribution in [3.8, 4) is 0 Å². The fourth-order valence-corrected chi connectivity index (χ4v) is 3.08. The molecule has 0 aromatic heterocycles. The first-order valence-electron chi connectivity index (χ1n) is 7.78. The quantitative estimate of drug-likeness (QED) is 0.845. The molecule has 0 saturated heterocycles. The third kappa shape index (κ3) is 4.77. The molecule has 1 unspecified atom stereocenters. The van der Waals surface area contributed by atoms with Gasteiger partial charge in [-0.05, 0) is 37.7 Å². The van der Waals surface area contributed by atoms with Crippen LogP contribution in [0.1, 0.15) is 38.2 Å². The minimum absolute atomic E-state index is 0.0825. The van der Waals surface area contributed by atoms with E-state index >= 15 is 0 Å². The van der Waals surface area contributed by atoms with E-state index in [1.807, 2.05) is 37.3 Å². The van der Waals surface area contributed by atoms with Crippen molar-refractivity contribution in [3.05, 3.63) is 35.9 Å². The third-order valence-corrected chi connectivity index (χ3v) is 4.51. The molecule has 1 aromatic carbocycles. The van der Waals surface area contributed by atoms with Crippen LogP contribution in [0.25, 0.3) is 0 Å². The Hall–Kier alpha value is -1.49. The molecule has 0 radical (unpaired) electrons. The van der Waals surface area contributed by atoms with E-state index in [1.165, 1.54) is 0 Å². The molecule has 2 N–H and O–H groups in total. The van der Waals surface area contributed by atoms with E-state index in [2.05, 4.69) is 5.32 Å². The molecule has 2 atom stereocenters. The highest BCUT2D eigenvalue weighted by atomic mass is 19.3. The van der Waals surface area contributed by atoms with Crippen molar-refractivity contribution in [1.82, 2.24) is 5.32 Å². The van der Waals surface area contributed by atoms with Crippen LogP contribution in [0.2, 0.25) is 0 Å². The van der Waals surface area contributed by atoms with E-state index < -0.39 is 17.9 Å². The normalized spacial score (nSPS) is 21.2. The molecule has 22 heavy (non-hydrogen) atoms. The summed E-state index contributed by atoms with van der Waals surface area (Å²) in [4.78, 5) is 11.4. The van der Waals surface area contributed by atoms with Gasteiger partial charge in [0.15, 0.2) is 0 Å². The zero-order valence-electron chi connectivity index (χ0n) is 12.8. The van der Waals surface area contributed by atoms with Gasteiger partial charge in [0.1, 0.15) is 6.04 Å². The number of hydrogen-bond donors (Lipinski definition) is 2. The van der Waals surface area contributed by atoms with Crippen molar-refractivity contribution < 1.29 is 18.7 Å². The van der Waals surface area contributed by atoms with Crippen molar-refractivity contribution in [1.29, 1.82) is 0 Å². The van der Waals surface area contributed by atoms with Gasteiger partial charge in [0.25, 0.3) is 0 Å². The van der Waals surface area contributed by atoms with Crippen LogP contribution in [0.3, 0.4) is 0 Å². The van der Waals surface area contributed by atoms with Crippen LogP contribution < -0.4 is 5.32 Å². The van der Waals surface area contributed by atoms with Gasteiger partial charge in [0.2, 0.25) is 5.92 Å². The summed E-state index contributed by atoms with van der Waals surface area (Å²) in [5.41, 5.74) is 0.949. The van der Waals surface area contributed by atoms with Crippen molar-refractivity contribution >= 4 is 5.97 Å². The predicted octanol–water partition coefficient (Wildman–Crippen LogP) is 3.49. The lowest BCUT2D eigenvalue weighted by atomic mass is 9.82. The first kappa shape index (κ1) is 16.9. The lowest BCUT2D eigenvalue weighted by molar-refractivity contribution is -0.139. The number of alkyl halides is 2. The van der Waals surface area contributed by atoms with Gasteiger partial charge in [-0.1, -0.05) is 30.3 Å². The van der Waals surface area contributed by atoms with Gasteiger partial charge >= 0.3 is 5.97 Å². The highest BCUT2D eigenvalue weighted by Gasteiger charge is 2.37. The number of hydrogen-bond acceptors (Lipinski definition) is 2. The Morgan fingerprint density at radius 1 is 1.32 bits per heavy atom. The highest BCUT2D eigenvalue weighted by Crippen LogP contribution is 2.37. The Morgan fingerprint density at radius 2 is 1.91 bits per heavy atom. The molecule has 2 rings (SSSR count). The molecule has 1 aliphatic rings. The number of carboxylic acid groups (broad SMARTS) is 1. The molecule has 1 fully saturated rings. The lowest BCUT2D eigenvalue weighted by Crippen LogP contribution is -2.47. The molecule has 1 saturated carbocycles. The molecule has 0 bridgehead atoms. The second-order valence-corrected chi connectivity index (χ2v) is 6.23. The van der Waals surface area contributed by atoms with E-state index in [9.17, 15) is 18.7 Å². The molecule has 0 heterocycles. The van der Waals surface area contributed by atoms with Crippen molar-refractivity contribution in [2.45, 2.75) is 57.0 Å². The Labute approximate surface area is 129 Å². The topological polar surface area (TPSA) is 49.3 Å². The van der Waals surface area contributed by atoms with E-state index in [0.717, 1.165) is 5.56 Å². The second-order valence-electron chi connectivity index (χ2n) is 6.23. The summed E-state index contributed by atoms with van der Waals surface area (Å²) in [7, 11) is 0. The molecule has 3 nitrogen and oxygen atoms in total. The zero-order chi connectivity index (χ0) is 16.2. The number of carbonyl (C=O) groups is 1. The number of halogens is 2. The summed E-state index contributed by atoms with van der Waals surface area (Å²) < 4.78 is 26.4. The van der Waals surface area contributed by atoms with Gasteiger partial charge in [-0.2, -0.15) is 0 Å². The molecule has 5 heteroatoms. The van der Waals surface area contributed by atoms with Crippen LogP contribution in [0.15, 0.2) is 30.3 Å². The van der Waals surface area contributed by atoms with E-state index in [0.29, 0.717) is 19.3 Å². The van der Waals surface area contributed by atoms with Gasteiger partial charge in [0.05, 0.1) is 0 Å². The summed E-state index contributed by atoms with van der Waals surface area (Å²) >= 11 is 0.